The minimum absolute atomic E-state index is 0.182. The van der Waals surface area contributed by atoms with Crippen LogP contribution in [0.15, 0.2) is 0 Å². The molecule has 2 heterocycles. The SMILES string of the molecule is Cc1nn(C)c(C)c1NC(=O)C1CC12CCNCC2. The standard InChI is InChI=1S/C14H22N4O/c1-9-12(10(2)18(3)17-9)16-13(19)11-8-14(11)4-6-15-7-5-14/h11,15H,4-8H2,1-3H3,(H,16,19). The molecule has 1 aliphatic heterocycles. The smallest absolute Gasteiger partial charge is 0.228 e. The minimum Gasteiger partial charge on any atom is -0.323 e. The highest BCUT2D eigenvalue weighted by atomic mass is 16.2. The van der Waals surface area contributed by atoms with Crippen LogP contribution in [0.5, 0.6) is 0 Å². The molecule has 104 valence electrons. The number of hydrogen-bond donors (Lipinski definition) is 2. The van der Waals surface area contributed by atoms with E-state index in [0.29, 0.717) is 5.41 Å². The van der Waals surface area contributed by atoms with E-state index < -0.39 is 0 Å². The Bertz CT molecular complexity index is 514. The summed E-state index contributed by atoms with van der Waals surface area (Å²) in [6, 6.07) is 0. The van der Waals surface area contributed by atoms with Gasteiger partial charge in [-0.25, -0.2) is 0 Å². The highest BCUT2D eigenvalue weighted by Crippen LogP contribution is 2.58. The highest BCUT2D eigenvalue weighted by molar-refractivity contribution is 5.96. The fourth-order valence-electron chi connectivity index (χ4n) is 3.36. The molecule has 1 amide bonds. The van der Waals surface area contributed by atoms with Crippen LogP contribution in [0.25, 0.3) is 0 Å². The van der Waals surface area contributed by atoms with Crippen molar-refractivity contribution in [2.45, 2.75) is 33.1 Å². The molecule has 1 spiro atoms. The molecule has 0 bridgehead atoms. The predicted octanol–water partition coefficient (Wildman–Crippen LogP) is 1.37. The number of carbonyl (C=O) groups is 1. The summed E-state index contributed by atoms with van der Waals surface area (Å²) in [5.41, 5.74) is 3.10. The number of hydrogen-bond acceptors (Lipinski definition) is 3. The number of nitrogens with zero attached hydrogens (tertiary/aromatic N) is 2. The summed E-state index contributed by atoms with van der Waals surface area (Å²) in [4.78, 5) is 12.4. The molecule has 2 fully saturated rings. The van der Waals surface area contributed by atoms with E-state index in [9.17, 15) is 4.79 Å². The molecule has 2 aliphatic rings. The van der Waals surface area contributed by atoms with Gasteiger partial charge >= 0.3 is 0 Å². The molecule has 1 saturated carbocycles. The predicted molar refractivity (Wildman–Crippen MR) is 74.0 cm³/mol. The zero-order chi connectivity index (χ0) is 13.6. The van der Waals surface area contributed by atoms with Gasteiger partial charge in [0.05, 0.1) is 17.1 Å². The lowest BCUT2D eigenvalue weighted by molar-refractivity contribution is -0.118. The van der Waals surface area contributed by atoms with Crippen molar-refractivity contribution in [3.8, 4) is 0 Å². The quantitative estimate of drug-likeness (QED) is 0.846. The number of amides is 1. The van der Waals surface area contributed by atoms with E-state index in [1.807, 2.05) is 25.6 Å². The van der Waals surface area contributed by atoms with Crippen LogP contribution < -0.4 is 10.6 Å². The van der Waals surface area contributed by atoms with E-state index in [0.717, 1.165) is 49.4 Å². The van der Waals surface area contributed by atoms with E-state index in [-0.39, 0.29) is 11.8 Å². The number of rotatable bonds is 2. The van der Waals surface area contributed by atoms with Crippen molar-refractivity contribution in [1.82, 2.24) is 15.1 Å². The van der Waals surface area contributed by atoms with Gasteiger partial charge in [0, 0.05) is 13.0 Å². The molecule has 3 rings (SSSR count). The van der Waals surface area contributed by atoms with E-state index in [4.69, 9.17) is 0 Å². The Morgan fingerprint density at radius 2 is 2.11 bits per heavy atom. The van der Waals surface area contributed by atoms with Crippen molar-refractivity contribution in [3.63, 3.8) is 0 Å². The normalized spacial score (nSPS) is 24.5. The molecule has 0 radical (unpaired) electrons. The lowest BCUT2D eigenvalue weighted by Crippen LogP contribution is -2.31. The Morgan fingerprint density at radius 3 is 2.68 bits per heavy atom. The number of aryl methyl sites for hydroxylation is 2. The van der Waals surface area contributed by atoms with Crippen LogP contribution in [0.3, 0.4) is 0 Å². The van der Waals surface area contributed by atoms with Gasteiger partial charge < -0.3 is 10.6 Å². The molecule has 2 N–H and O–H groups in total. The first-order chi connectivity index (χ1) is 9.03. The molecule has 1 aliphatic carbocycles. The lowest BCUT2D eigenvalue weighted by Gasteiger charge is -2.23. The third kappa shape index (κ3) is 2.06. The first kappa shape index (κ1) is 12.7. The monoisotopic (exact) mass is 262 g/mol. The molecular formula is C14H22N4O. The Balaban J connectivity index is 1.69. The van der Waals surface area contributed by atoms with Crippen molar-refractivity contribution in [2.75, 3.05) is 18.4 Å². The van der Waals surface area contributed by atoms with Crippen molar-refractivity contribution < 1.29 is 4.79 Å². The summed E-state index contributed by atoms with van der Waals surface area (Å²) < 4.78 is 1.82. The van der Waals surface area contributed by atoms with Crippen LogP contribution >= 0.6 is 0 Å². The molecule has 1 saturated heterocycles. The summed E-state index contributed by atoms with van der Waals surface area (Å²) in [5.74, 6) is 0.384. The lowest BCUT2D eigenvalue weighted by atomic mass is 9.92. The summed E-state index contributed by atoms with van der Waals surface area (Å²) in [7, 11) is 1.91. The third-order valence-electron chi connectivity index (χ3n) is 4.86. The second-order valence-corrected chi connectivity index (χ2v) is 6.03. The van der Waals surface area contributed by atoms with Crippen LogP contribution in [-0.4, -0.2) is 28.8 Å². The largest absolute Gasteiger partial charge is 0.323 e. The van der Waals surface area contributed by atoms with Crippen LogP contribution in [-0.2, 0) is 11.8 Å². The first-order valence-corrected chi connectivity index (χ1v) is 7.05. The van der Waals surface area contributed by atoms with Crippen molar-refractivity contribution in [2.24, 2.45) is 18.4 Å². The second-order valence-electron chi connectivity index (χ2n) is 6.03. The van der Waals surface area contributed by atoms with Crippen LogP contribution in [0.2, 0.25) is 0 Å². The summed E-state index contributed by atoms with van der Waals surface area (Å²) >= 11 is 0. The molecule has 1 aromatic heterocycles. The van der Waals surface area contributed by atoms with Gasteiger partial charge in [-0.1, -0.05) is 0 Å². The van der Waals surface area contributed by atoms with Gasteiger partial charge in [0.15, 0.2) is 0 Å². The topological polar surface area (TPSA) is 59.0 Å². The maximum atomic E-state index is 12.4. The van der Waals surface area contributed by atoms with Gasteiger partial charge in [-0.15, -0.1) is 0 Å². The van der Waals surface area contributed by atoms with E-state index in [1.165, 1.54) is 0 Å². The average molecular weight is 262 g/mol. The summed E-state index contributed by atoms with van der Waals surface area (Å²) in [6.07, 6.45) is 3.32. The van der Waals surface area contributed by atoms with Crippen LogP contribution in [0.1, 0.15) is 30.7 Å². The molecule has 1 atom stereocenters. The number of nitrogens with one attached hydrogen (secondary N) is 2. The Morgan fingerprint density at radius 1 is 1.42 bits per heavy atom. The molecule has 19 heavy (non-hydrogen) atoms. The number of anilines is 1. The van der Waals surface area contributed by atoms with E-state index in [2.05, 4.69) is 15.7 Å². The van der Waals surface area contributed by atoms with Crippen LogP contribution in [0, 0.1) is 25.2 Å². The van der Waals surface area contributed by atoms with Gasteiger partial charge in [-0.05, 0) is 51.6 Å². The fourth-order valence-corrected chi connectivity index (χ4v) is 3.36. The average Bonchev–Trinajstić information content (AvgIpc) is 3.02. The second kappa shape index (κ2) is 4.34. The molecule has 5 nitrogen and oxygen atoms in total. The maximum Gasteiger partial charge on any atom is 0.228 e. The molecule has 0 aromatic carbocycles. The first-order valence-electron chi connectivity index (χ1n) is 7.05. The van der Waals surface area contributed by atoms with Gasteiger partial charge in [0.1, 0.15) is 0 Å². The number of piperidine rings is 1. The van der Waals surface area contributed by atoms with Gasteiger partial charge in [-0.3, -0.25) is 9.48 Å². The van der Waals surface area contributed by atoms with Crippen LogP contribution in [0.4, 0.5) is 5.69 Å². The van der Waals surface area contributed by atoms with Crippen molar-refractivity contribution >= 4 is 11.6 Å². The Hall–Kier alpha value is -1.36. The zero-order valence-electron chi connectivity index (χ0n) is 11.9. The van der Waals surface area contributed by atoms with Crippen molar-refractivity contribution in [1.29, 1.82) is 0 Å². The molecule has 1 unspecified atom stereocenters. The van der Waals surface area contributed by atoms with E-state index >= 15 is 0 Å². The number of aromatic nitrogens is 2. The summed E-state index contributed by atoms with van der Waals surface area (Å²) in [5, 5.41) is 10.8. The van der Waals surface area contributed by atoms with Gasteiger partial charge in [-0.2, -0.15) is 5.10 Å². The minimum atomic E-state index is 0.182. The third-order valence-corrected chi connectivity index (χ3v) is 4.86. The molecule has 5 heteroatoms. The summed E-state index contributed by atoms with van der Waals surface area (Å²) in [6.45, 7) is 6.03. The van der Waals surface area contributed by atoms with E-state index in [1.54, 1.807) is 0 Å². The highest BCUT2D eigenvalue weighted by Gasteiger charge is 2.57. The van der Waals surface area contributed by atoms with Gasteiger partial charge in [0.25, 0.3) is 0 Å². The van der Waals surface area contributed by atoms with Crippen molar-refractivity contribution in [3.05, 3.63) is 11.4 Å². The fraction of sp³-hybridized carbons (Fsp3) is 0.714. The zero-order valence-corrected chi connectivity index (χ0v) is 11.9. The number of carbonyl (C=O) groups excluding carboxylic acids is 1. The molecule has 1 aromatic rings. The molecular weight excluding hydrogens is 240 g/mol. The maximum absolute atomic E-state index is 12.4. The Labute approximate surface area is 113 Å². The Kier molecular flexibility index (Phi) is 2.89. The van der Waals surface area contributed by atoms with Gasteiger partial charge in [0.2, 0.25) is 5.91 Å².